The van der Waals surface area contributed by atoms with E-state index in [9.17, 15) is 0 Å². The first-order chi connectivity index (χ1) is 8.67. The van der Waals surface area contributed by atoms with Crippen molar-refractivity contribution in [1.29, 1.82) is 0 Å². The second-order valence-electron chi connectivity index (χ2n) is 4.49. The van der Waals surface area contributed by atoms with Crippen molar-refractivity contribution in [2.75, 3.05) is 12.8 Å². The lowest BCUT2D eigenvalue weighted by Crippen LogP contribution is -2.17. The maximum Gasteiger partial charge on any atom is 0.107 e. The Morgan fingerprint density at radius 3 is 2.60 bits per heavy atom. The average Bonchev–Trinajstić information content (AvgIpc) is 2.76. The van der Waals surface area contributed by atoms with E-state index in [1.165, 1.54) is 15.4 Å². The van der Waals surface area contributed by atoms with E-state index in [4.69, 9.17) is 5.73 Å². The van der Waals surface area contributed by atoms with Crippen LogP contribution in [0.25, 0.3) is 0 Å². The summed E-state index contributed by atoms with van der Waals surface area (Å²) in [5, 5.41) is 1.18. The number of aryl methyl sites for hydroxylation is 1. The summed E-state index contributed by atoms with van der Waals surface area (Å²) in [6, 6.07) is 8.04. The van der Waals surface area contributed by atoms with E-state index in [1.807, 2.05) is 24.4 Å². The fraction of sp³-hybridized carbons (Fsp3) is 0.357. The van der Waals surface area contributed by atoms with E-state index in [-0.39, 0.29) is 24.8 Å². The van der Waals surface area contributed by atoms with Crippen molar-refractivity contribution < 1.29 is 0 Å². The molecule has 0 atom stereocenters. The summed E-state index contributed by atoms with van der Waals surface area (Å²) in [6.45, 7) is 3.94. The topological polar surface area (TPSA) is 42.2 Å². The maximum atomic E-state index is 5.78. The van der Waals surface area contributed by atoms with Gasteiger partial charge in [0.25, 0.3) is 0 Å². The molecule has 0 amide bonds. The largest absolute Gasteiger partial charge is 0.399 e. The van der Waals surface area contributed by atoms with E-state index < -0.39 is 0 Å². The molecular formula is C14H21Cl2N3S. The Kier molecular flexibility index (Phi) is 8.81. The van der Waals surface area contributed by atoms with Crippen LogP contribution in [0.2, 0.25) is 0 Å². The molecule has 2 aromatic rings. The molecule has 0 aliphatic carbocycles. The van der Waals surface area contributed by atoms with Gasteiger partial charge >= 0.3 is 0 Å². The maximum absolute atomic E-state index is 5.78. The van der Waals surface area contributed by atoms with Crippen LogP contribution in [0.1, 0.15) is 22.4 Å². The van der Waals surface area contributed by atoms with Gasteiger partial charge < -0.3 is 5.73 Å². The molecular weight excluding hydrogens is 313 g/mol. The Bertz CT molecular complexity index is 517. The van der Waals surface area contributed by atoms with Crippen LogP contribution in [-0.2, 0) is 19.5 Å². The van der Waals surface area contributed by atoms with Gasteiger partial charge in [-0.15, -0.1) is 36.2 Å². The number of anilines is 1. The lowest BCUT2D eigenvalue weighted by Gasteiger charge is -2.15. The third-order valence-corrected chi connectivity index (χ3v) is 3.89. The van der Waals surface area contributed by atoms with Gasteiger partial charge in [-0.1, -0.05) is 19.1 Å². The minimum Gasteiger partial charge on any atom is -0.399 e. The van der Waals surface area contributed by atoms with E-state index in [0.29, 0.717) is 0 Å². The summed E-state index contributed by atoms with van der Waals surface area (Å²) >= 11 is 1.80. The highest BCUT2D eigenvalue weighted by atomic mass is 35.5. The lowest BCUT2D eigenvalue weighted by atomic mass is 10.2. The van der Waals surface area contributed by atoms with Crippen LogP contribution in [0.15, 0.2) is 30.5 Å². The molecule has 112 valence electrons. The van der Waals surface area contributed by atoms with Gasteiger partial charge in [-0.2, -0.15) is 0 Å². The molecule has 6 heteroatoms. The minimum absolute atomic E-state index is 0. The molecule has 0 unspecified atom stereocenters. The molecule has 0 spiro atoms. The minimum atomic E-state index is 0. The molecule has 0 bridgehead atoms. The Balaban J connectivity index is 0.00000180. The number of benzene rings is 1. The summed E-state index contributed by atoms with van der Waals surface area (Å²) in [5.41, 5.74) is 7.84. The summed E-state index contributed by atoms with van der Waals surface area (Å²) in [5.74, 6) is 0. The van der Waals surface area contributed by atoms with Gasteiger partial charge in [-0.3, -0.25) is 4.90 Å². The predicted molar refractivity (Wildman–Crippen MR) is 92.0 cm³/mol. The number of halogens is 2. The van der Waals surface area contributed by atoms with Crippen molar-refractivity contribution in [2.45, 2.75) is 26.4 Å². The highest BCUT2D eigenvalue weighted by molar-refractivity contribution is 7.11. The van der Waals surface area contributed by atoms with Crippen molar-refractivity contribution in [1.82, 2.24) is 9.88 Å². The molecule has 3 nitrogen and oxygen atoms in total. The second-order valence-corrected chi connectivity index (χ2v) is 5.69. The van der Waals surface area contributed by atoms with Gasteiger partial charge in [-0.25, -0.2) is 4.98 Å². The van der Waals surface area contributed by atoms with E-state index in [1.54, 1.807) is 11.3 Å². The number of rotatable bonds is 5. The van der Waals surface area contributed by atoms with Crippen LogP contribution < -0.4 is 5.73 Å². The van der Waals surface area contributed by atoms with Gasteiger partial charge in [0.05, 0.1) is 6.54 Å². The van der Waals surface area contributed by atoms with Gasteiger partial charge in [-0.05, 0) is 31.2 Å². The molecule has 2 rings (SSSR count). The highest BCUT2D eigenvalue weighted by Crippen LogP contribution is 2.16. The number of aromatic nitrogens is 1. The zero-order chi connectivity index (χ0) is 13.0. The standard InChI is InChI=1S/C14H19N3S.2ClH/c1-3-13-8-16-14(18-13)10-17(2)9-11-5-4-6-12(15)7-11;;/h4-8H,3,9-10,15H2,1-2H3;2*1H. The summed E-state index contributed by atoms with van der Waals surface area (Å²) in [4.78, 5) is 8.04. The highest BCUT2D eigenvalue weighted by Gasteiger charge is 2.05. The van der Waals surface area contributed by atoms with Crippen LogP contribution >= 0.6 is 36.2 Å². The van der Waals surface area contributed by atoms with Crippen LogP contribution in [0.3, 0.4) is 0 Å². The van der Waals surface area contributed by atoms with Gasteiger partial charge in [0.2, 0.25) is 0 Å². The molecule has 1 heterocycles. The Morgan fingerprint density at radius 2 is 2.00 bits per heavy atom. The molecule has 1 aromatic carbocycles. The third kappa shape index (κ3) is 5.67. The number of nitrogen functional groups attached to an aromatic ring is 1. The van der Waals surface area contributed by atoms with E-state index in [0.717, 1.165) is 25.2 Å². The van der Waals surface area contributed by atoms with Gasteiger partial charge in [0, 0.05) is 23.3 Å². The fourth-order valence-electron chi connectivity index (χ4n) is 1.87. The van der Waals surface area contributed by atoms with Crippen molar-refractivity contribution in [2.24, 2.45) is 0 Å². The monoisotopic (exact) mass is 333 g/mol. The van der Waals surface area contributed by atoms with Crippen LogP contribution in [0.5, 0.6) is 0 Å². The zero-order valence-corrected chi connectivity index (χ0v) is 14.2. The number of hydrogen-bond acceptors (Lipinski definition) is 4. The van der Waals surface area contributed by atoms with Crippen molar-refractivity contribution >= 4 is 41.8 Å². The normalized spacial score (nSPS) is 9.95. The quantitative estimate of drug-likeness (QED) is 0.847. The van der Waals surface area contributed by atoms with Crippen LogP contribution in [0.4, 0.5) is 5.69 Å². The molecule has 0 radical (unpaired) electrons. The van der Waals surface area contributed by atoms with Crippen molar-refractivity contribution in [3.63, 3.8) is 0 Å². The van der Waals surface area contributed by atoms with Gasteiger partial charge in [0.15, 0.2) is 0 Å². The average molecular weight is 334 g/mol. The van der Waals surface area contributed by atoms with Gasteiger partial charge in [0.1, 0.15) is 5.01 Å². The second kappa shape index (κ2) is 9.19. The molecule has 2 N–H and O–H groups in total. The van der Waals surface area contributed by atoms with Crippen LogP contribution in [0, 0.1) is 0 Å². The summed E-state index contributed by atoms with van der Waals surface area (Å²) in [6.07, 6.45) is 3.05. The van der Waals surface area contributed by atoms with Crippen molar-refractivity contribution in [3.05, 3.63) is 45.9 Å². The summed E-state index contributed by atoms with van der Waals surface area (Å²) < 4.78 is 0. The fourth-order valence-corrected chi connectivity index (χ4v) is 2.82. The molecule has 20 heavy (non-hydrogen) atoms. The van der Waals surface area contributed by atoms with E-state index >= 15 is 0 Å². The molecule has 0 aliphatic rings. The third-order valence-electron chi connectivity index (χ3n) is 2.76. The number of hydrogen-bond donors (Lipinski definition) is 1. The molecule has 0 fully saturated rings. The van der Waals surface area contributed by atoms with Crippen LogP contribution in [-0.4, -0.2) is 16.9 Å². The number of nitrogens with zero attached hydrogens (tertiary/aromatic N) is 2. The first-order valence-corrected chi connectivity index (χ1v) is 6.95. The van der Waals surface area contributed by atoms with Crippen molar-refractivity contribution in [3.8, 4) is 0 Å². The first kappa shape index (κ1) is 19.2. The Morgan fingerprint density at radius 1 is 1.25 bits per heavy atom. The number of nitrogens with two attached hydrogens (primary N) is 1. The molecule has 0 saturated carbocycles. The predicted octanol–water partition coefficient (Wildman–Crippen LogP) is 3.76. The SMILES string of the molecule is CCc1cnc(CN(C)Cc2cccc(N)c2)s1.Cl.Cl. The first-order valence-electron chi connectivity index (χ1n) is 6.14. The molecule has 0 aliphatic heterocycles. The Labute approximate surface area is 137 Å². The Hall–Kier alpha value is -0.810. The summed E-state index contributed by atoms with van der Waals surface area (Å²) in [7, 11) is 2.11. The van der Waals surface area contributed by atoms with E-state index in [2.05, 4.69) is 29.9 Å². The lowest BCUT2D eigenvalue weighted by molar-refractivity contribution is 0.318. The molecule has 1 aromatic heterocycles. The number of thiazole rings is 1. The zero-order valence-electron chi connectivity index (χ0n) is 11.7. The molecule has 0 saturated heterocycles. The smallest absolute Gasteiger partial charge is 0.107 e.